The van der Waals surface area contributed by atoms with Gasteiger partial charge < -0.3 is 25.8 Å². The van der Waals surface area contributed by atoms with E-state index in [9.17, 15) is 19.5 Å². The number of rotatable bonds is 9. The van der Waals surface area contributed by atoms with E-state index in [4.69, 9.17) is 10.00 Å². The van der Waals surface area contributed by atoms with Crippen molar-refractivity contribution >= 4 is 17.9 Å². The second kappa shape index (κ2) is 11.9. The summed E-state index contributed by atoms with van der Waals surface area (Å²) >= 11 is 0. The monoisotopic (exact) mass is 442 g/mol. The molecule has 1 aliphatic rings. The fraction of sp³-hybridized carbons (Fsp3) is 0.478. The van der Waals surface area contributed by atoms with Crippen LogP contribution < -0.4 is 16.0 Å². The number of hydrogen-bond donors (Lipinski definition) is 4. The summed E-state index contributed by atoms with van der Waals surface area (Å²) in [6.07, 6.45) is 2.25. The quantitative estimate of drug-likeness (QED) is 0.462. The number of carboxylic acids is 1. The lowest BCUT2D eigenvalue weighted by Gasteiger charge is -2.38. The summed E-state index contributed by atoms with van der Waals surface area (Å²) in [6.45, 7) is 5.54. The Balaban J connectivity index is 2.14. The molecule has 1 aromatic rings. The van der Waals surface area contributed by atoms with Crippen LogP contribution in [0.1, 0.15) is 51.2 Å². The molecule has 1 aliphatic carbocycles. The van der Waals surface area contributed by atoms with Crippen LogP contribution in [0.2, 0.25) is 0 Å². The number of urea groups is 1. The fourth-order valence-corrected chi connectivity index (χ4v) is 3.61. The molecule has 0 spiro atoms. The van der Waals surface area contributed by atoms with E-state index in [1.807, 2.05) is 19.9 Å². The smallest absolute Gasteiger partial charge is 0.331 e. The second-order valence-electron chi connectivity index (χ2n) is 7.71. The minimum Gasteiger partial charge on any atom is -0.478 e. The van der Waals surface area contributed by atoms with Crippen LogP contribution in [0.4, 0.5) is 4.79 Å². The standard InChI is InChI=1S/C23H30N4O5/c1-4-18(5-2)32-20-11-17(22(29)30)10-19(21(20)26-14(3)28)27-23(31)25-13-16-8-6-15(12-24)7-9-16/h6-9,11,18-21H,4-5,10,13H2,1-3H3,(H,26,28)(H,29,30)(H2,25,27,31)/t19-,20+,21+/m0/s1. The number of hydrogen-bond acceptors (Lipinski definition) is 5. The number of carbonyl (C=O) groups excluding carboxylic acids is 2. The van der Waals surface area contributed by atoms with Crippen molar-refractivity contribution in [1.29, 1.82) is 5.26 Å². The van der Waals surface area contributed by atoms with E-state index in [1.165, 1.54) is 13.0 Å². The summed E-state index contributed by atoms with van der Waals surface area (Å²) in [6, 6.07) is 7.05. The van der Waals surface area contributed by atoms with Crippen molar-refractivity contribution in [3.63, 3.8) is 0 Å². The molecule has 32 heavy (non-hydrogen) atoms. The van der Waals surface area contributed by atoms with Gasteiger partial charge >= 0.3 is 12.0 Å². The Morgan fingerprint density at radius 3 is 2.38 bits per heavy atom. The van der Waals surface area contributed by atoms with Gasteiger partial charge in [0, 0.05) is 25.5 Å². The molecule has 4 N–H and O–H groups in total. The Bertz CT molecular complexity index is 887. The number of carboxylic acid groups (broad SMARTS) is 1. The Labute approximate surface area is 187 Å². The Morgan fingerprint density at radius 2 is 1.84 bits per heavy atom. The molecule has 9 heteroatoms. The zero-order chi connectivity index (χ0) is 23.7. The Morgan fingerprint density at radius 1 is 1.19 bits per heavy atom. The van der Waals surface area contributed by atoms with Gasteiger partial charge in [-0.25, -0.2) is 9.59 Å². The van der Waals surface area contributed by atoms with Gasteiger partial charge in [-0.15, -0.1) is 0 Å². The predicted octanol–water partition coefficient (Wildman–Crippen LogP) is 2.22. The van der Waals surface area contributed by atoms with Crippen molar-refractivity contribution in [3.05, 3.63) is 47.0 Å². The van der Waals surface area contributed by atoms with Crippen LogP contribution in [-0.2, 0) is 20.9 Å². The molecule has 3 atom stereocenters. The molecule has 1 aromatic carbocycles. The lowest BCUT2D eigenvalue weighted by atomic mass is 9.87. The summed E-state index contributed by atoms with van der Waals surface area (Å²) in [5.41, 5.74) is 1.46. The van der Waals surface area contributed by atoms with Gasteiger partial charge in [0.1, 0.15) is 0 Å². The molecule has 0 aromatic heterocycles. The minimum absolute atomic E-state index is 0.0490. The van der Waals surface area contributed by atoms with Gasteiger partial charge in [0.25, 0.3) is 0 Å². The highest BCUT2D eigenvalue weighted by molar-refractivity contribution is 5.87. The molecule has 0 saturated carbocycles. The van der Waals surface area contributed by atoms with Crippen molar-refractivity contribution in [2.75, 3.05) is 0 Å². The topological polar surface area (TPSA) is 141 Å². The molecular weight excluding hydrogens is 412 g/mol. The first kappa shape index (κ1) is 24.9. The molecule has 0 fully saturated rings. The van der Waals surface area contributed by atoms with Gasteiger partial charge in [0.15, 0.2) is 0 Å². The molecule has 0 bridgehead atoms. The highest BCUT2D eigenvalue weighted by Gasteiger charge is 2.38. The molecule has 0 aliphatic heterocycles. The van der Waals surface area contributed by atoms with Crippen molar-refractivity contribution in [3.8, 4) is 6.07 Å². The van der Waals surface area contributed by atoms with Gasteiger partial charge in [-0.2, -0.15) is 5.26 Å². The predicted molar refractivity (Wildman–Crippen MR) is 117 cm³/mol. The van der Waals surface area contributed by atoms with Crippen LogP contribution in [0.3, 0.4) is 0 Å². The molecule has 172 valence electrons. The molecule has 3 amide bonds. The first-order chi connectivity index (χ1) is 15.3. The van der Waals surface area contributed by atoms with Gasteiger partial charge in [0.2, 0.25) is 5.91 Å². The third kappa shape index (κ3) is 7.10. The third-order valence-electron chi connectivity index (χ3n) is 5.35. The van der Waals surface area contributed by atoms with Crippen LogP contribution in [0.15, 0.2) is 35.9 Å². The number of ether oxygens (including phenoxy) is 1. The van der Waals surface area contributed by atoms with Crippen LogP contribution in [0.25, 0.3) is 0 Å². The second-order valence-corrected chi connectivity index (χ2v) is 7.71. The molecule has 0 saturated heterocycles. The van der Waals surface area contributed by atoms with Crippen molar-refractivity contribution in [2.45, 2.75) is 70.9 Å². The highest BCUT2D eigenvalue weighted by Crippen LogP contribution is 2.24. The minimum atomic E-state index is -1.09. The van der Waals surface area contributed by atoms with E-state index in [-0.39, 0.29) is 30.5 Å². The number of nitriles is 1. The third-order valence-corrected chi connectivity index (χ3v) is 5.35. The number of aliphatic carboxylic acids is 1. The van der Waals surface area contributed by atoms with Gasteiger partial charge in [-0.3, -0.25) is 4.79 Å². The summed E-state index contributed by atoms with van der Waals surface area (Å²) < 4.78 is 6.09. The van der Waals surface area contributed by atoms with E-state index >= 15 is 0 Å². The molecule has 0 heterocycles. The van der Waals surface area contributed by atoms with E-state index in [0.29, 0.717) is 5.56 Å². The summed E-state index contributed by atoms with van der Waals surface area (Å²) in [4.78, 5) is 36.1. The summed E-state index contributed by atoms with van der Waals surface area (Å²) in [5, 5.41) is 26.8. The van der Waals surface area contributed by atoms with Gasteiger partial charge in [-0.05, 0) is 36.6 Å². The number of carbonyl (C=O) groups is 3. The van der Waals surface area contributed by atoms with E-state index in [2.05, 4.69) is 16.0 Å². The fourth-order valence-electron chi connectivity index (χ4n) is 3.61. The number of nitrogens with one attached hydrogen (secondary N) is 3. The molecule has 0 radical (unpaired) electrons. The maximum Gasteiger partial charge on any atom is 0.331 e. The van der Waals surface area contributed by atoms with Gasteiger partial charge in [0.05, 0.1) is 35.9 Å². The average molecular weight is 443 g/mol. The maximum absolute atomic E-state index is 12.6. The molecule has 9 nitrogen and oxygen atoms in total. The number of amides is 3. The average Bonchev–Trinajstić information content (AvgIpc) is 2.77. The highest BCUT2D eigenvalue weighted by atomic mass is 16.5. The Kier molecular flexibility index (Phi) is 9.22. The summed E-state index contributed by atoms with van der Waals surface area (Å²) in [7, 11) is 0. The summed E-state index contributed by atoms with van der Waals surface area (Å²) in [5.74, 6) is -1.39. The van der Waals surface area contributed by atoms with Gasteiger partial charge in [-0.1, -0.05) is 26.0 Å². The maximum atomic E-state index is 12.6. The zero-order valence-corrected chi connectivity index (χ0v) is 18.6. The zero-order valence-electron chi connectivity index (χ0n) is 18.6. The first-order valence-corrected chi connectivity index (χ1v) is 10.7. The number of nitrogens with zero attached hydrogens (tertiary/aromatic N) is 1. The van der Waals surface area contributed by atoms with Crippen LogP contribution >= 0.6 is 0 Å². The first-order valence-electron chi connectivity index (χ1n) is 10.7. The van der Waals surface area contributed by atoms with Crippen LogP contribution in [0, 0.1) is 11.3 Å². The SMILES string of the molecule is CCC(CC)O[C@@H]1C=C(C(=O)O)C[C@H](NC(=O)NCc2ccc(C#N)cc2)[C@H]1NC(C)=O. The van der Waals surface area contributed by atoms with Crippen LogP contribution in [0.5, 0.6) is 0 Å². The molecule has 0 unspecified atom stereocenters. The van der Waals surface area contributed by atoms with E-state index in [1.54, 1.807) is 24.3 Å². The van der Waals surface area contributed by atoms with Crippen molar-refractivity contribution in [1.82, 2.24) is 16.0 Å². The van der Waals surface area contributed by atoms with Crippen molar-refractivity contribution in [2.24, 2.45) is 0 Å². The number of benzene rings is 1. The van der Waals surface area contributed by atoms with Crippen LogP contribution in [-0.4, -0.2) is 47.3 Å². The molecular formula is C23H30N4O5. The lowest BCUT2D eigenvalue weighted by molar-refractivity contribution is -0.133. The Hall–Kier alpha value is -3.38. The largest absolute Gasteiger partial charge is 0.478 e. The van der Waals surface area contributed by atoms with E-state index in [0.717, 1.165) is 18.4 Å². The van der Waals surface area contributed by atoms with Crippen molar-refractivity contribution < 1.29 is 24.2 Å². The normalized spacial score (nSPS) is 20.1. The molecule has 2 rings (SSSR count). The van der Waals surface area contributed by atoms with E-state index < -0.39 is 30.2 Å². The lowest BCUT2D eigenvalue weighted by Crippen LogP contribution is -2.60.